The van der Waals surface area contributed by atoms with Gasteiger partial charge in [-0.3, -0.25) is 9.69 Å². The molecule has 1 amide bonds. The molecule has 0 aromatic heterocycles. The zero-order chi connectivity index (χ0) is 31.9. The second-order valence-corrected chi connectivity index (χ2v) is 13.3. The Kier molecular flexibility index (Phi) is 9.56. The molecule has 1 aliphatic heterocycles. The molecule has 2 aromatic carbocycles. The number of alkyl halides is 4. The van der Waals surface area contributed by atoms with Crippen molar-refractivity contribution in [1.29, 1.82) is 0 Å². The molecule has 0 spiro atoms. The van der Waals surface area contributed by atoms with Crippen molar-refractivity contribution in [1.82, 2.24) is 9.37 Å². The summed E-state index contributed by atoms with van der Waals surface area (Å²) in [5.41, 5.74) is -1.62. The molecule has 1 atom stereocenters. The lowest BCUT2D eigenvalue weighted by atomic mass is 9.92. The van der Waals surface area contributed by atoms with Gasteiger partial charge in [0.25, 0.3) is 10.0 Å². The van der Waals surface area contributed by atoms with E-state index >= 15 is 8.78 Å². The molecule has 2 aromatic rings. The van der Waals surface area contributed by atoms with Crippen LogP contribution in [0.1, 0.15) is 66.1 Å². The molecule has 2 aliphatic rings. The number of carbonyl (C=O) groups excluding carboxylic acids is 2. The highest BCUT2D eigenvalue weighted by atomic mass is 35.5. The van der Waals surface area contributed by atoms with Crippen molar-refractivity contribution in [3.63, 3.8) is 0 Å². The average molecular weight is 673 g/mol. The van der Waals surface area contributed by atoms with Gasteiger partial charge < -0.3 is 9.57 Å². The third-order valence-electron chi connectivity index (χ3n) is 7.31. The molecule has 0 unspecified atom stereocenters. The van der Waals surface area contributed by atoms with Crippen molar-refractivity contribution in [3.8, 4) is 5.75 Å². The predicted molar refractivity (Wildman–Crippen MR) is 147 cm³/mol. The van der Waals surface area contributed by atoms with Crippen molar-refractivity contribution in [3.05, 3.63) is 62.9 Å². The van der Waals surface area contributed by atoms with Crippen LogP contribution in [0.4, 0.5) is 22.0 Å². The molecule has 236 valence electrons. The third-order valence-corrected chi connectivity index (χ3v) is 8.59. The van der Waals surface area contributed by atoms with Gasteiger partial charge in [0.2, 0.25) is 0 Å². The third kappa shape index (κ3) is 8.08. The normalized spacial score (nSPS) is 18.2. The first-order chi connectivity index (χ1) is 19.9. The molecule has 16 heteroatoms. The minimum absolute atomic E-state index is 0.0869. The van der Waals surface area contributed by atoms with E-state index in [0.717, 1.165) is 17.7 Å². The van der Waals surface area contributed by atoms with Gasteiger partial charge in [0, 0.05) is 35.2 Å². The fourth-order valence-electron chi connectivity index (χ4n) is 4.75. The van der Waals surface area contributed by atoms with Gasteiger partial charge in [-0.2, -0.15) is 13.2 Å². The monoisotopic (exact) mass is 672 g/mol. The number of halogens is 7. The zero-order valence-electron chi connectivity index (χ0n) is 22.9. The summed E-state index contributed by atoms with van der Waals surface area (Å²) in [6.07, 6.45) is -3.94. The Morgan fingerprint density at radius 3 is 2.19 bits per heavy atom. The lowest BCUT2D eigenvalue weighted by Crippen LogP contribution is -2.45. The van der Waals surface area contributed by atoms with Gasteiger partial charge in [0.05, 0.1) is 11.8 Å². The first-order valence-electron chi connectivity index (χ1n) is 13.1. The van der Waals surface area contributed by atoms with E-state index in [4.69, 9.17) is 27.9 Å². The summed E-state index contributed by atoms with van der Waals surface area (Å²) in [6.45, 7) is 2.26. The SMILES string of the molecule is C[C@H](c1cc(Cl)cc(Cl)c1)N1CCC(F)(COc2cc(F)c(C(=O)N(OC(=O)C(F)(F)F)S(C)(=O)=O)cc2C2CC2)CC1. The van der Waals surface area contributed by atoms with Crippen LogP contribution in [-0.4, -0.2) is 67.5 Å². The fourth-order valence-corrected chi connectivity index (χ4v) is 5.90. The minimum Gasteiger partial charge on any atom is -0.490 e. The Labute approximate surface area is 254 Å². The lowest BCUT2D eigenvalue weighted by Gasteiger charge is -2.39. The highest BCUT2D eigenvalue weighted by Crippen LogP contribution is 2.46. The maximum absolute atomic E-state index is 15.8. The molecule has 1 saturated carbocycles. The lowest BCUT2D eigenvalue weighted by molar-refractivity contribution is -0.216. The van der Waals surface area contributed by atoms with Crippen LogP contribution in [0, 0.1) is 5.82 Å². The molecule has 0 bridgehead atoms. The summed E-state index contributed by atoms with van der Waals surface area (Å²) in [7, 11) is -4.90. The summed E-state index contributed by atoms with van der Waals surface area (Å²) in [4.78, 5) is 29.9. The number of hydroxylamine groups is 1. The first-order valence-corrected chi connectivity index (χ1v) is 15.7. The van der Waals surface area contributed by atoms with E-state index < -0.39 is 56.2 Å². The standard InChI is InChI=1S/C27H27Cl2F5N2O6S/c1-15(17-9-18(28)11-19(29)10-17)35-7-5-26(31,6-8-35)14-41-23-13-22(30)21(12-20(23)16-3-4-16)24(37)36(43(2,39)40)42-25(38)27(32,33)34/h9-13,15-16H,3-8,14H2,1-2H3/t15-/m1/s1. The molecule has 43 heavy (non-hydrogen) atoms. The van der Waals surface area contributed by atoms with Crippen LogP contribution in [0.3, 0.4) is 0 Å². The number of sulfonamides is 1. The average Bonchev–Trinajstić information content (AvgIpc) is 3.74. The Morgan fingerprint density at radius 1 is 1.09 bits per heavy atom. The van der Waals surface area contributed by atoms with E-state index in [-0.39, 0.29) is 36.1 Å². The van der Waals surface area contributed by atoms with Crippen LogP contribution in [0.15, 0.2) is 30.3 Å². The molecule has 1 saturated heterocycles. The second-order valence-electron chi connectivity index (χ2n) is 10.7. The van der Waals surface area contributed by atoms with Crippen molar-refractivity contribution in [2.75, 3.05) is 26.0 Å². The van der Waals surface area contributed by atoms with Crippen LogP contribution in [0.2, 0.25) is 10.0 Å². The highest BCUT2D eigenvalue weighted by Gasteiger charge is 2.46. The van der Waals surface area contributed by atoms with Crippen LogP contribution in [-0.2, 0) is 19.7 Å². The van der Waals surface area contributed by atoms with Crippen LogP contribution in [0.5, 0.6) is 5.75 Å². The van der Waals surface area contributed by atoms with Gasteiger partial charge in [-0.05, 0) is 73.9 Å². The Morgan fingerprint density at radius 2 is 1.67 bits per heavy atom. The van der Waals surface area contributed by atoms with Crippen LogP contribution in [0.25, 0.3) is 0 Å². The highest BCUT2D eigenvalue weighted by molar-refractivity contribution is 7.88. The molecule has 0 N–H and O–H groups in total. The molecule has 1 heterocycles. The van der Waals surface area contributed by atoms with Gasteiger partial charge in [0.1, 0.15) is 23.8 Å². The van der Waals surface area contributed by atoms with E-state index in [2.05, 4.69) is 9.74 Å². The molecule has 4 rings (SSSR count). The number of hydrogen-bond acceptors (Lipinski definition) is 7. The fraction of sp³-hybridized carbons (Fsp3) is 0.481. The van der Waals surface area contributed by atoms with E-state index in [0.29, 0.717) is 42.2 Å². The van der Waals surface area contributed by atoms with E-state index in [1.165, 1.54) is 0 Å². The van der Waals surface area contributed by atoms with Gasteiger partial charge in [-0.25, -0.2) is 22.0 Å². The molecule has 0 radical (unpaired) electrons. The molecule has 1 aliphatic carbocycles. The van der Waals surface area contributed by atoms with Gasteiger partial charge in [-0.15, -0.1) is 0 Å². The smallest absolute Gasteiger partial charge is 0.490 e. The number of rotatable bonds is 8. The maximum Gasteiger partial charge on any atom is 0.493 e. The molecular weight excluding hydrogens is 646 g/mol. The summed E-state index contributed by atoms with van der Waals surface area (Å²) >= 11 is 12.2. The van der Waals surface area contributed by atoms with Crippen molar-refractivity contribution in [2.24, 2.45) is 0 Å². The quantitative estimate of drug-likeness (QED) is 0.237. The maximum atomic E-state index is 15.8. The Bertz CT molecular complexity index is 1490. The van der Waals surface area contributed by atoms with Crippen LogP contribution < -0.4 is 4.74 Å². The number of hydrogen-bond donors (Lipinski definition) is 0. The number of piperidine rings is 1. The van der Waals surface area contributed by atoms with E-state index in [1.54, 1.807) is 18.2 Å². The number of benzene rings is 2. The van der Waals surface area contributed by atoms with E-state index in [9.17, 15) is 31.2 Å². The van der Waals surface area contributed by atoms with Gasteiger partial charge in [-0.1, -0.05) is 27.7 Å². The van der Waals surface area contributed by atoms with Crippen molar-refractivity contribution >= 4 is 45.1 Å². The molecular formula is C27H27Cl2F5N2O6S. The van der Waals surface area contributed by atoms with Crippen molar-refractivity contribution in [2.45, 2.75) is 56.4 Å². The summed E-state index contributed by atoms with van der Waals surface area (Å²) in [5.74, 6) is -6.53. The second kappa shape index (κ2) is 12.4. The summed E-state index contributed by atoms with van der Waals surface area (Å²) in [6, 6.07) is 6.77. The summed E-state index contributed by atoms with van der Waals surface area (Å²) in [5, 5.41) is 0.967. The number of amides is 1. The Balaban J connectivity index is 1.48. The van der Waals surface area contributed by atoms with Crippen molar-refractivity contribution < 1.29 is 49.5 Å². The molecule has 2 fully saturated rings. The Hall–Kier alpha value is -2.68. The molecule has 8 nitrogen and oxygen atoms in total. The van der Waals surface area contributed by atoms with E-state index in [1.807, 2.05) is 6.92 Å². The first kappa shape index (κ1) is 33.2. The van der Waals surface area contributed by atoms with Gasteiger partial charge in [0.15, 0.2) is 0 Å². The minimum atomic E-state index is -5.63. The van der Waals surface area contributed by atoms with Gasteiger partial charge >= 0.3 is 18.1 Å². The van der Waals surface area contributed by atoms with Crippen LogP contribution >= 0.6 is 23.2 Å². The summed E-state index contributed by atoms with van der Waals surface area (Å²) < 4.78 is 97.7. The topological polar surface area (TPSA) is 93.2 Å². The number of carbonyl (C=O) groups is 2. The zero-order valence-corrected chi connectivity index (χ0v) is 25.2. The predicted octanol–water partition coefficient (Wildman–Crippen LogP) is 6.38. The largest absolute Gasteiger partial charge is 0.493 e. The number of likely N-dealkylation sites (tertiary alicyclic amines) is 1. The number of nitrogens with zero attached hydrogens (tertiary/aromatic N) is 2. The number of ether oxygens (including phenoxy) is 1.